The second-order valence-corrected chi connectivity index (χ2v) is 7.86. The van der Waals surface area contributed by atoms with Crippen molar-refractivity contribution in [2.24, 2.45) is 0 Å². The van der Waals surface area contributed by atoms with Crippen molar-refractivity contribution >= 4 is 21.4 Å². The van der Waals surface area contributed by atoms with E-state index in [2.05, 4.69) is 4.98 Å². The van der Waals surface area contributed by atoms with Gasteiger partial charge in [0.1, 0.15) is 11.9 Å². The Labute approximate surface area is 132 Å². The van der Waals surface area contributed by atoms with E-state index >= 15 is 0 Å². The highest BCUT2D eigenvalue weighted by atomic mass is 32.2. The van der Waals surface area contributed by atoms with Crippen LogP contribution in [0.5, 0.6) is 5.19 Å². The van der Waals surface area contributed by atoms with E-state index in [0.29, 0.717) is 23.7 Å². The van der Waals surface area contributed by atoms with E-state index < -0.39 is 15.8 Å². The Bertz CT molecular complexity index is 762. The standard InChI is InChI=1S/C14H15FN2O3S2/c1-10-8-11(15)2-3-13(10)22(18,19)17-6-4-12(9-17)20-14-16-5-7-21-14/h2-3,5,7-8,12H,4,6,9H2,1H3. The zero-order valence-corrected chi connectivity index (χ0v) is 13.5. The van der Waals surface area contributed by atoms with Gasteiger partial charge in [0, 0.05) is 18.1 Å². The second kappa shape index (κ2) is 5.94. The average Bonchev–Trinajstić information content (AvgIpc) is 3.10. The van der Waals surface area contributed by atoms with Crippen molar-refractivity contribution in [3.63, 3.8) is 0 Å². The molecular formula is C14H15FN2O3S2. The minimum absolute atomic E-state index is 0.142. The summed E-state index contributed by atoms with van der Waals surface area (Å²) in [6.07, 6.45) is 2.05. The Hall–Kier alpha value is -1.51. The molecule has 5 nitrogen and oxygen atoms in total. The summed E-state index contributed by atoms with van der Waals surface area (Å²) in [5, 5.41) is 2.35. The van der Waals surface area contributed by atoms with Crippen molar-refractivity contribution in [3.05, 3.63) is 41.2 Å². The van der Waals surface area contributed by atoms with Crippen LogP contribution in [0, 0.1) is 12.7 Å². The normalized spacial score (nSPS) is 19.5. The number of aryl methyl sites for hydroxylation is 1. The molecule has 8 heteroatoms. The molecule has 0 amide bonds. The van der Waals surface area contributed by atoms with E-state index in [-0.39, 0.29) is 17.5 Å². The van der Waals surface area contributed by atoms with Gasteiger partial charge in [-0.2, -0.15) is 4.31 Å². The zero-order chi connectivity index (χ0) is 15.7. The Morgan fingerprint density at radius 2 is 2.27 bits per heavy atom. The first kappa shape index (κ1) is 15.4. The number of rotatable bonds is 4. The minimum atomic E-state index is -3.63. The Morgan fingerprint density at radius 3 is 2.95 bits per heavy atom. The summed E-state index contributed by atoms with van der Waals surface area (Å²) >= 11 is 1.38. The molecule has 0 N–H and O–H groups in total. The molecule has 1 fully saturated rings. The third-order valence-corrected chi connectivity index (χ3v) is 6.23. The number of halogens is 1. The summed E-state index contributed by atoms with van der Waals surface area (Å²) in [4.78, 5) is 4.18. The number of nitrogens with zero attached hydrogens (tertiary/aromatic N) is 2. The third-order valence-electron chi connectivity index (χ3n) is 3.54. The minimum Gasteiger partial charge on any atom is -0.465 e. The fraction of sp³-hybridized carbons (Fsp3) is 0.357. The van der Waals surface area contributed by atoms with Gasteiger partial charge in [-0.1, -0.05) is 11.3 Å². The second-order valence-electron chi connectivity index (χ2n) is 5.10. The zero-order valence-electron chi connectivity index (χ0n) is 11.9. The highest BCUT2D eigenvalue weighted by Crippen LogP contribution is 2.26. The fourth-order valence-electron chi connectivity index (χ4n) is 2.46. The lowest BCUT2D eigenvalue weighted by atomic mass is 10.2. The fourth-order valence-corrected chi connectivity index (χ4v) is 4.71. The van der Waals surface area contributed by atoms with Gasteiger partial charge in [0.25, 0.3) is 5.19 Å². The van der Waals surface area contributed by atoms with Crippen LogP contribution in [-0.4, -0.2) is 36.9 Å². The molecule has 0 saturated carbocycles. The number of thiazole rings is 1. The van der Waals surface area contributed by atoms with Crippen LogP contribution >= 0.6 is 11.3 Å². The molecule has 1 aromatic carbocycles. The third kappa shape index (κ3) is 2.99. The molecule has 1 aromatic heterocycles. The first-order chi connectivity index (χ1) is 10.5. The maximum atomic E-state index is 13.2. The van der Waals surface area contributed by atoms with Crippen LogP contribution in [0.2, 0.25) is 0 Å². The van der Waals surface area contributed by atoms with Crippen molar-refractivity contribution in [3.8, 4) is 5.19 Å². The highest BCUT2D eigenvalue weighted by Gasteiger charge is 2.34. The van der Waals surface area contributed by atoms with Gasteiger partial charge in [-0.25, -0.2) is 17.8 Å². The first-order valence-electron chi connectivity index (χ1n) is 6.79. The number of aromatic nitrogens is 1. The van der Waals surface area contributed by atoms with Gasteiger partial charge in [0.2, 0.25) is 10.0 Å². The Kier molecular flexibility index (Phi) is 4.16. The largest absolute Gasteiger partial charge is 0.465 e. The summed E-state index contributed by atoms with van der Waals surface area (Å²) in [5.41, 5.74) is 0.407. The van der Waals surface area contributed by atoms with Gasteiger partial charge in [0.05, 0.1) is 11.4 Å². The maximum Gasteiger partial charge on any atom is 0.273 e. The summed E-state index contributed by atoms with van der Waals surface area (Å²) in [7, 11) is -3.63. The number of hydrogen-bond donors (Lipinski definition) is 0. The molecule has 3 rings (SSSR count). The van der Waals surface area contributed by atoms with Crippen LogP contribution in [0.3, 0.4) is 0 Å². The van der Waals surface area contributed by atoms with Crippen molar-refractivity contribution in [1.29, 1.82) is 0 Å². The van der Waals surface area contributed by atoms with Crippen LogP contribution in [0.15, 0.2) is 34.7 Å². The monoisotopic (exact) mass is 342 g/mol. The van der Waals surface area contributed by atoms with Gasteiger partial charge in [0.15, 0.2) is 0 Å². The van der Waals surface area contributed by atoms with Gasteiger partial charge >= 0.3 is 0 Å². The summed E-state index contributed by atoms with van der Waals surface area (Å²) < 4.78 is 45.5. The van der Waals surface area contributed by atoms with Gasteiger partial charge in [-0.05, 0) is 37.1 Å². The smallest absolute Gasteiger partial charge is 0.273 e. The van der Waals surface area contributed by atoms with Crippen LogP contribution in [0.4, 0.5) is 4.39 Å². The van der Waals surface area contributed by atoms with Crippen LogP contribution in [-0.2, 0) is 10.0 Å². The van der Waals surface area contributed by atoms with E-state index in [1.807, 2.05) is 0 Å². The molecule has 0 aliphatic carbocycles. The molecule has 0 bridgehead atoms. The summed E-state index contributed by atoms with van der Waals surface area (Å²) in [6, 6.07) is 3.71. The van der Waals surface area contributed by atoms with Crippen LogP contribution in [0.1, 0.15) is 12.0 Å². The lowest BCUT2D eigenvalue weighted by Gasteiger charge is -2.18. The van der Waals surface area contributed by atoms with E-state index in [4.69, 9.17) is 4.74 Å². The van der Waals surface area contributed by atoms with Crippen molar-refractivity contribution in [2.45, 2.75) is 24.3 Å². The summed E-state index contributed by atoms with van der Waals surface area (Å²) in [5.74, 6) is -0.442. The quantitative estimate of drug-likeness (QED) is 0.856. The van der Waals surface area contributed by atoms with E-state index in [1.54, 1.807) is 18.5 Å². The number of hydrogen-bond acceptors (Lipinski definition) is 5. The van der Waals surface area contributed by atoms with Gasteiger partial charge in [-0.15, -0.1) is 0 Å². The number of sulfonamides is 1. The van der Waals surface area contributed by atoms with Crippen molar-refractivity contribution in [2.75, 3.05) is 13.1 Å². The molecule has 22 heavy (non-hydrogen) atoms. The molecule has 0 spiro atoms. The van der Waals surface area contributed by atoms with Crippen LogP contribution in [0.25, 0.3) is 0 Å². The highest BCUT2D eigenvalue weighted by molar-refractivity contribution is 7.89. The van der Waals surface area contributed by atoms with Crippen molar-refractivity contribution in [1.82, 2.24) is 9.29 Å². The topological polar surface area (TPSA) is 59.5 Å². The van der Waals surface area contributed by atoms with Crippen molar-refractivity contribution < 1.29 is 17.5 Å². The first-order valence-corrected chi connectivity index (χ1v) is 9.11. The van der Waals surface area contributed by atoms with Gasteiger partial charge in [-0.3, -0.25) is 0 Å². The number of ether oxygens (including phenoxy) is 1. The predicted molar refractivity (Wildman–Crippen MR) is 81.0 cm³/mol. The van der Waals surface area contributed by atoms with E-state index in [0.717, 1.165) is 0 Å². The maximum absolute atomic E-state index is 13.2. The molecule has 1 aliphatic rings. The molecule has 1 unspecified atom stereocenters. The van der Waals surface area contributed by atoms with Crippen LogP contribution < -0.4 is 4.74 Å². The molecule has 118 valence electrons. The van der Waals surface area contributed by atoms with E-state index in [9.17, 15) is 12.8 Å². The molecule has 1 saturated heterocycles. The molecule has 0 radical (unpaired) electrons. The van der Waals surface area contributed by atoms with E-state index in [1.165, 1.54) is 33.8 Å². The lowest BCUT2D eigenvalue weighted by molar-refractivity contribution is 0.214. The molecule has 2 aromatic rings. The predicted octanol–water partition coefficient (Wildman–Crippen LogP) is 2.43. The Balaban J connectivity index is 1.76. The molecule has 1 atom stereocenters. The Morgan fingerprint density at radius 1 is 1.45 bits per heavy atom. The number of benzene rings is 1. The SMILES string of the molecule is Cc1cc(F)ccc1S(=O)(=O)N1CCC(Oc2nccs2)C1. The molecule has 2 heterocycles. The molecular weight excluding hydrogens is 327 g/mol. The lowest BCUT2D eigenvalue weighted by Crippen LogP contribution is -2.31. The summed E-state index contributed by atoms with van der Waals surface area (Å²) in [6.45, 7) is 2.25. The van der Waals surface area contributed by atoms with Gasteiger partial charge < -0.3 is 4.74 Å². The molecule has 1 aliphatic heterocycles. The average molecular weight is 342 g/mol.